The molecule has 1 aromatic carbocycles. The molecule has 106 valence electrons. The van der Waals surface area contributed by atoms with Crippen LogP contribution in [0, 0.1) is 28.4 Å². The molecule has 0 aliphatic carbocycles. The summed E-state index contributed by atoms with van der Waals surface area (Å²) in [5.74, 6) is -0.610. The number of hydrogen-bond donors (Lipinski definition) is 1. The summed E-state index contributed by atoms with van der Waals surface area (Å²) < 4.78 is 1.37. The highest BCUT2D eigenvalue weighted by molar-refractivity contribution is 6.07. The number of aryl methyl sites for hydroxylation is 2. The highest BCUT2D eigenvalue weighted by atomic mass is 16.6. The highest BCUT2D eigenvalue weighted by Gasteiger charge is 2.23. The Morgan fingerprint density at radius 1 is 1.52 bits per heavy atom. The number of nitrogens with zero attached hydrogens (tertiary/aromatic N) is 4. The molecule has 0 aliphatic rings. The molecule has 21 heavy (non-hydrogen) atoms. The summed E-state index contributed by atoms with van der Waals surface area (Å²) in [6.45, 7) is 1.55. The van der Waals surface area contributed by atoms with Crippen LogP contribution in [0.3, 0.4) is 0 Å². The van der Waals surface area contributed by atoms with Gasteiger partial charge in [0.1, 0.15) is 17.2 Å². The smallest absolute Gasteiger partial charge is 0.285 e. The number of nitrogens with one attached hydrogen (secondary N) is 1. The minimum Gasteiger partial charge on any atom is -0.304 e. The van der Waals surface area contributed by atoms with Crippen LogP contribution < -0.4 is 5.32 Å². The van der Waals surface area contributed by atoms with Gasteiger partial charge < -0.3 is 5.32 Å². The van der Waals surface area contributed by atoms with Crippen LogP contribution in [0.5, 0.6) is 0 Å². The van der Waals surface area contributed by atoms with Gasteiger partial charge in [-0.05, 0) is 13.0 Å². The molecule has 2 aromatic rings. The first-order valence-corrected chi connectivity index (χ1v) is 5.93. The van der Waals surface area contributed by atoms with Gasteiger partial charge in [0.05, 0.1) is 4.92 Å². The minimum absolute atomic E-state index is 0.0702. The Labute approximate surface area is 119 Å². The minimum atomic E-state index is -0.680. The third-order valence-corrected chi connectivity index (χ3v) is 2.85. The maximum absolute atomic E-state index is 12.2. The summed E-state index contributed by atoms with van der Waals surface area (Å²) in [6, 6.07) is 6.36. The fourth-order valence-corrected chi connectivity index (χ4v) is 1.92. The molecule has 1 aromatic heterocycles. The van der Waals surface area contributed by atoms with Crippen molar-refractivity contribution in [3.63, 3.8) is 0 Å². The van der Waals surface area contributed by atoms with Crippen molar-refractivity contribution in [1.29, 1.82) is 5.26 Å². The number of benzene rings is 1. The molecular formula is C13H11N5O3. The number of amides is 1. The van der Waals surface area contributed by atoms with Crippen molar-refractivity contribution < 1.29 is 9.72 Å². The summed E-state index contributed by atoms with van der Waals surface area (Å²) in [4.78, 5) is 22.7. The molecular weight excluding hydrogens is 274 g/mol. The summed E-state index contributed by atoms with van der Waals surface area (Å²) in [7, 11) is 1.60. The molecule has 0 atom stereocenters. The molecule has 0 radical (unpaired) electrons. The topological polar surface area (TPSA) is 114 Å². The zero-order chi connectivity index (χ0) is 15.6. The average molecular weight is 285 g/mol. The van der Waals surface area contributed by atoms with Crippen molar-refractivity contribution >= 4 is 17.4 Å². The van der Waals surface area contributed by atoms with E-state index in [9.17, 15) is 14.9 Å². The van der Waals surface area contributed by atoms with E-state index in [4.69, 9.17) is 5.26 Å². The summed E-state index contributed by atoms with van der Waals surface area (Å²) in [5.41, 5.74) is 0.231. The standard InChI is InChI=1S/C13H11N5O3/c1-8-4-3-5-10(11(8)18(20)21)13(19)15-12-9(6-14)7-17(2)16-12/h3-5,7H,1-2H3,(H,15,16,19). The van der Waals surface area contributed by atoms with Gasteiger partial charge in [-0.3, -0.25) is 19.6 Å². The number of carbonyl (C=O) groups is 1. The molecule has 8 heteroatoms. The summed E-state index contributed by atoms with van der Waals surface area (Å²) >= 11 is 0. The zero-order valence-corrected chi connectivity index (χ0v) is 11.3. The van der Waals surface area contributed by atoms with Gasteiger partial charge in [0.2, 0.25) is 0 Å². The molecule has 0 unspecified atom stereocenters. The van der Waals surface area contributed by atoms with Crippen LogP contribution in [-0.4, -0.2) is 20.6 Å². The van der Waals surface area contributed by atoms with Crippen molar-refractivity contribution in [2.45, 2.75) is 6.92 Å². The molecule has 2 rings (SSSR count). The second-order valence-electron chi connectivity index (χ2n) is 4.36. The fourth-order valence-electron chi connectivity index (χ4n) is 1.92. The molecule has 0 aliphatic heterocycles. The van der Waals surface area contributed by atoms with Crippen LogP contribution in [0.2, 0.25) is 0 Å². The van der Waals surface area contributed by atoms with Crippen LogP contribution in [0.4, 0.5) is 11.5 Å². The summed E-state index contributed by atoms with van der Waals surface area (Å²) in [5, 5.41) is 26.4. The van der Waals surface area contributed by atoms with Crippen LogP contribution in [0.25, 0.3) is 0 Å². The fraction of sp³-hybridized carbons (Fsp3) is 0.154. The predicted octanol–water partition coefficient (Wildman–Crippen LogP) is 1.76. The van der Waals surface area contributed by atoms with E-state index >= 15 is 0 Å². The third-order valence-electron chi connectivity index (χ3n) is 2.85. The third kappa shape index (κ3) is 2.71. The molecule has 0 spiro atoms. The normalized spacial score (nSPS) is 9.95. The highest BCUT2D eigenvalue weighted by Crippen LogP contribution is 2.24. The van der Waals surface area contributed by atoms with Crippen molar-refractivity contribution in [1.82, 2.24) is 9.78 Å². The lowest BCUT2D eigenvalue weighted by Crippen LogP contribution is -2.15. The van der Waals surface area contributed by atoms with Gasteiger partial charge in [-0.1, -0.05) is 12.1 Å². The number of hydrogen-bond acceptors (Lipinski definition) is 5. The number of nitriles is 1. The van der Waals surface area contributed by atoms with Crippen LogP contribution in [0.1, 0.15) is 21.5 Å². The number of para-hydroxylation sites is 1. The maximum atomic E-state index is 12.2. The van der Waals surface area contributed by atoms with E-state index in [2.05, 4.69) is 10.4 Å². The van der Waals surface area contributed by atoms with Crippen LogP contribution in [0.15, 0.2) is 24.4 Å². The first-order chi connectivity index (χ1) is 9.93. The number of anilines is 1. The van der Waals surface area contributed by atoms with E-state index in [1.165, 1.54) is 16.9 Å². The predicted molar refractivity (Wildman–Crippen MR) is 73.7 cm³/mol. The van der Waals surface area contributed by atoms with E-state index in [0.29, 0.717) is 5.56 Å². The Balaban J connectivity index is 2.40. The first-order valence-electron chi connectivity index (χ1n) is 5.93. The van der Waals surface area contributed by atoms with Crippen LogP contribution >= 0.6 is 0 Å². The quantitative estimate of drug-likeness (QED) is 0.681. The second kappa shape index (κ2) is 5.42. The van der Waals surface area contributed by atoms with E-state index < -0.39 is 10.8 Å². The van der Waals surface area contributed by atoms with Crippen molar-refractivity contribution in [2.75, 3.05) is 5.32 Å². The SMILES string of the molecule is Cc1cccc(C(=O)Nc2nn(C)cc2C#N)c1[N+](=O)[O-]. The van der Waals surface area contributed by atoms with Crippen molar-refractivity contribution in [3.8, 4) is 6.07 Å². The Hall–Kier alpha value is -3.21. The van der Waals surface area contributed by atoms with Crippen molar-refractivity contribution in [2.24, 2.45) is 7.05 Å². The van der Waals surface area contributed by atoms with Gasteiger partial charge in [0.25, 0.3) is 11.6 Å². The Bertz CT molecular complexity index is 773. The number of nitro groups is 1. The molecule has 0 bridgehead atoms. The molecule has 1 N–H and O–H groups in total. The van der Waals surface area contributed by atoms with E-state index in [1.807, 2.05) is 6.07 Å². The monoisotopic (exact) mass is 285 g/mol. The van der Waals surface area contributed by atoms with Crippen LogP contribution in [-0.2, 0) is 7.05 Å². The number of aromatic nitrogens is 2. The first kappa shape index (κ1) is 14.2. The number of carbonyl (C=O) groups excluding carboxylic acids is 1. The Kier molecular flexibility index (Phi) is 3.67. The van der Waals surface area contributed by atoms with E-state index in [-0.39, 0.29) is 22.6 Å². The lowest BCUT2D eigenvalue weighted by atomic mass is 10.1. The van der Waals surface area contributed by atoms with E-state index in [1.54, 1.807) is 26.1 Å². The van der Waals surface area contributed by atoms with Gasteiger partial charge in [0.15, 0.2) is 5.82 Å². The molecule has 1 amide bonds. The Morgan fingerprint density at radius 3 is 2.86 bits per heavy atom. The lowest BCUT2D eigenvalue weighted by Gasteiger charge is -2.05. The second-order valence-corrected chi connectivity index (χ2v) is 4.36. The molecule has 0 saturated heterocycles. The zero-order valence-electron chi connectivity index (χ0n) is 11.3. The Morgan fingerprint density at radius 2 is 2.24 bits per heavy atom. The molecule has 0 saturated carbocycles. The number of rotatable bonds is 3. The van der Waals surface area contributed by atoms with Gasteiger partial charge in [-0.25, -0.2) is 0 Å². The largest absolute Gasteiger partial charge is 0.304 e. The van der Waals surface area contributed by atoms with Crippen molar-refractivity contribution in [3.05, 3.63) is 51.2 Å². The maximum Gasteiger partial charge on any atom is 0.285 e. The van der Waals surface area contributed by atoms with Gasteiger partial charge >= 0.3 is 0 Å². The van der Waals surface area contributed by atoms with Gasteiger partial charge in [0, 0.05) is 18.8 Å². The molecule has 0 fully saturated rings. The molecule has 1 heterocycles. The van der Waals surface area contributed by atoms with E-state index in [0.717, 1.165) is 0 Å². The number of nitro benzene ring substituents is 1. The lowest BCUT2D eigenvalue weighted by molar-refractivity contribution is -0.385. The molecule has 8 nitrogen and oxygen atoms in total. The van der Waals surface area contributed by atoms with Gasteiger partial charge in [-0.2, -0.15) is 10.4 Å². The summed E-state index contributed by atoms with van der Waals surface area (Å²) in [6.07, 6.45) is 1.44. The average Bonchev–Trinajstić information content (AvgIpc) is 2.77. The van der Waals surface area contributed by atoms with Gasteiger partial charge in [-0.15, -0.1) is 0 Å².